The van der Waals surface area contributed by atoms with Crippen molar-refractivity contribution in [1.82, 2.24) is 5.32 Å². The number of nitrogens with two attached hydrogens (primary N) is 1. The molecule has 1 rings (SSSR count). The van der Waals surface area contributed by atoms with E-state index in [-0.39, 0.29) is 5.54 Å². The molecule has 2 nitrogen and oxygen atoms in total. The lowest BCUT2D eigenvalue weighted by Crippen LogP contribution is -2.49. The summed E-state index contributed by atoms with van der Waals surface area (Å²) >= 11 is 0. The standard InChI is InChI=1S/C17H34N2/c1-3-4-5-6-9-13-17(2,15-18)19-14-12-16-10-7-8-11-16/h10,19H,3-9,11-15,18H2,1-2H3. The summed E-state index contributed by atoms with van der Waals surface area (Å²) in [7, 11) is 0. The van der Waals surface area contributed by atoms with Crippen molar-refractivity contribution in [3.05, 3.63) is 11.6 Å². The fourth-order valence-corrected chi connectivity index (χ4v) is 2.87. The van der Waals surface area contributed by atoms with Crippen molar-refractivity contribution < 1.29 is 0 Å². The van der Waals surface area contributed by atoms with E-state index in [0.717, 1.165) is 13.1 Å². The summed E-state index contributed by atoms with van der Waals surface area (Å²) in [6.07, 6.45) is 15.6. The second-order valence-electron chi connectivity index (χ2n) is 6.36. The molecular formula is C17H34N2. The first kappa shape index (κ1) is 16.7. The van der Waals surface area contributed by atoms with Crippen molar-refractivity contribution in [2.24, 2.45) is 5.73 Å². The minimum atomic E-state index is 0.144. The molecule has 0 spiro atoms. The molecule has 19 heavy (non-hydrogen) atoms. The Morgan fingerprint density at radius 1 is 1.26 bits per heavy atom. The monoisotopic (exact) mass is 266 g/mol. The molecule has 0 aliphatic heterocycles. The molecule has 0 saturated carbocycles. The quantitative estimate of drug-likeness (QED) is 0.435. The summed E-state index contributed by atoms with van der Waals surface area (Å²) in [6, 6.07) is 0. The molecule has 0 heterocycles. The molecule has 0 saturated heterocycles. The van der Waals surface area contributed by atoms with Crippen molar-refractivity contribution >= 4 is 0 Å². The SMILES string of the molecule is CCCCCCCC(C)(CN)NCCC1=CCCC1. The van der Waals surface area contributed by atoms with Gasteiger partial charge in [-0.05, 0) is 45.6 Å². The molecule has 0 aromatic rings. The highest BCUT2D eigenvalue weighted by Crippen LogP contribution is 2.21. The van der Waals surface area contributed by atoms with Crippen LogP contribution in [0.2, 0.25) is 0 Å². The maximum Gasteiger partial charge on any atom is 0.0275 e. The lowest BCUT2D eigenvalue weighted by atomic mass is 9.93. The van der Waals surface area contributed by atoms with Crippen LogP contribution in [0, 0.1) is 0 Å². The predicted molar refractivity (Wildman–Crippen MR) is 85.4 cm³/mol. The molecule has 1 atom stereocenters. The average molecular weight is 266 g/mol. The molecule has 0 bridgehead atoms. The van der Waals surface area contributed by atoms with Gasteiger partial charge in [0.1, 0.15) is 0 Å². The van der Waals surface area contributed by atoms with Crippen LogP contribution >= 0.6 is 0 Å². The fourth-order valence-electron chi connectivity index (χ4n) is 2.87. The molecule has 1 unspecified atom stereocenters. The first-order chi connectivity index (χ1) is 9.20. The largest absolute Gasteiger partial charge is 0.329 e. The van der Waals surface area contributed by atoms with E-state index in [0.29, 0.717) is 0 Å². The highest BCUT2D eigenvalue weighted by Gasteiger charge is 2.20. The zero-order chi connectivity index (χ0) is 14.0. The zero-order valence-corrected chi connectivity index (χ0v) is 13.1. The summed E-state index contributed by atoms with van der Waals surface area (Å²) in [5, 5.41) is 3.70. The van der Waals surface area contributed by atoms with Crippen molar-refractivity contribution in [2.75, 3.05) is 13.1 Å². The molecule has 0 aromatic heterocycles. The first-order valence-electron chi connectivity index (χ1n) is 8.33. The van der Waals surface area contributed by atoms with Crippen LogP contribution in [0.4, 0.5) is 0 Å². The van der Waals surface area contributed by atoms with Gasteiger partial charge in [0.2, 0.25) is 0 Å². The van der Waals surface area contributed by atoms with Crippen LogP contribution < -0.4 is 11.1 Å². The maximum atomic E-state index is 5.97. The lowest BCUT2D eigenvalue weighted by molar-refractivity contribution is 0.328. The summed E-state index contributed by atoms with van der Waals surface area (Å²) < 4.78 is 0. The van der Waals surface area contributed by atoms with Crippen molar-refractivity contribution in [1.29, 1.82) is 0 Å². The summed E-state index contributed by atoms with van der Waals surface area (Å²) in [6.45, 7) is 6.40. The number of allylic oxidation sites excluding steroid dienone is 1. The molecule has 0 radical (unpaired) electrons. The van der Waals surface area contributed by atoms with Crippen molar-refractivity contribution in [3.8, 4) is 0 Å². The minimum Gasteiger partial charge on any atom is -0.329 e. The van der Waals surface area contributed by atoms with Gasteiger partial charge in [0.05, 0.1) is 0 Å². The van der Waals surface area contributed by atoms with Crippen LogP contribution in [0.5, 0.6) is 0 Å². The lowest BCUT2D eigenvalue weighted by Gasteiger charge is -2.30. The molecule has 1 aliphatic rings. The van der Waals surface area contributed by atoms with Gasteiger partial charge in [0.25, 0.3) is 0 Å². The smallest absolute Gasteiger partial charge is 0.0275 e. The summed E-state index contributed by atoms with van der Waals surface area (Å²) in [4.78, 5) is 0. The number of unbranched alkanes of at least 4 members (excludes halogenated alkanes) is 4. The van der Waals surface area contributed by atoms with E-state index >= 15 is 0 Å². The van der Waals surface area contributed by atoms with Gasteiger partial charge in [-0.2, -0.15) is 0 Å². The van der Waals surface area contributed by atoms with E-state index in [2.05, 4.69) is 25.2 Å². The highest BCUT2D eigenvalue weighted by atomic mass is 15.0. The molecule has 2 heteroatoms. The van der Waals surface area contributed by atoms with E-state index < -0.39 is 0 Å². The zero-order valence-electron chi connectivity index (χ0n) is 13.1. The Bertz CT molecular complexity index is 260. The summed E-state index contributed by atoms with van der Waals surface area (Å²) in [5.74, 6) is 0. The molecule has 112 valence electrons. The normalized spacial score (nSPS) is 18.4. The van der Waals surface area contributed by atoms with E-state index in [1.54, 1.807) is 5.57 Å². The van der Waals surface area contributed by atoms with Gasteiger partial charge >= 0.3 is 0 Å². The maximum absolute atomic E-state index is 5.97. The third-order valence-corrected chi connectivity index (χ3v) is 4.42. The third-order valence-electron chi connectivity index (χ3n) is 4.42. The van der Waals surface area contributed by atoms with Gasteiger partial charge in [0, 0.05) is 12.1 Å². The predicted octanol–water partition coefficient (Wildman–Crippen LogP) is 4.15. The highest BCUT2D eigenvalue weighted by molar-refractivity contribution is 5.07. The van der Waals surface area contributed by atoms with E-state index in [4.69, 9.17) is 5.73 Å². The Morgan fingerprint density at radius 2 is 2.05 bits per heavy atom. The van der Waals surface area contributed by atoms with Gasteiger partial charge in [-0.1, -0.05) is 50.7 Å². The molecule has 3 N–H and O–H groups in total. The second-order valence-corrected chi connectivity index (χ2v) is 6.36. The Morgan fingerprint density at radius 3 is 2.68 bits per heavy atom. The number of hydrogen-bond acceptors (Lipinski definition) is 2. The number of rotatable bonds is 11. The van der Waals surface area contributed by atoms with Crippen LogP contribution in [0.1, 0.15) is 78.1 Å². The Labute approximate surface area is 120 Å². The van der Waals surface area contributed by atoms with Crippen molar-refractivity contribution in [3.63, 3.8) is 0 Å². The van der Waals surface area contributed by atoms with E-state index in [1.807, 2.05) is 0 Å². The molecule has 0 aromatic carbocycles. The minimum absolute atomic E-state index is 0.144. The third kappa shape index (κ3) is 7.12. The van der Waals surface area contributed by atoms with Gasteiger partial charge in [-0.15, -0.1) is 0 Å². The second kappa shape index (κ2) is 9.55. The summed E-state index contributed by atoms with van der Waals surface area (Å²) in [5.41, 5.74) is 7.76. The van der Waals surface area contributed by atoms with Crippen molar-refractivity contribution in [2.45, 2.75) is 83.6 Å². The number of nitrogens with one attached hydrogen (secondary N) is 1. The van der Waals surface area contributed by atoms with E-state index in [1.165, 1.54) is 64.2 Å². The van der Waals surface area contributed by atoms with Gasteiger partial charge < -0.3 is 11.1 Å². The van der Waals surface area contributed by atoms with Crippen LogP contribution in [0.3, 0.4) is 0 Å². The first-order valence-corrected chi connectivity index (χ1v) is 8.33. The molecule has 0 amide bonds. The Kier molecular flexibility index (Phi) is 8.40. The topological polar surface area (TPSA) is 38.0 Å². The van der Waals surface area contributed by atoms with E-state index in [9.17, 15) is 0 Å². The van der Waals surface area contributed by atoms with Gasteiger partial charge in [-0.3, -0.25) is 0 Å². The van der Waals surface area contributed by atoms with Crippen LogP contribution in [0.15, 0.2) is 11.6 Å². The Hall–Kier alpha value is -0.340. The molecule has 0 fully saturated rings. The van der Waals surface area contributed by atoms with Gasteiger partial charge in [0.15, 0.2) is 0 Å². The average Bonchev–Trinajstić information content (AvgIpc) is 2.92. The van der Waals surface area contributed by atoms with Crippen LogP contribution in [-0.2, 0) is 0 Å². The molecular weight excluding hydrogens is 232 g/mol. The fraction of sp³-hybridized carbons (Fsp3) is 0.882. The number of hydrogen-bond donors (Lipinski definition) is 2. The van der Waals surface area contributed by atoms with Crippen LogP contribution in [-0.4, -0.2) is 18.6 Å². The Balaban J connectivity index is 2.13. The molecule has 1 aliphatic carbocycles. The van der Waals surface area contributed by atoms with Gasteiger partial charge in [-0.25, -0.2) is 0 Å². The van der Waals surface area contributed by atoms with Crippen LogP contribution in [0.25, 0.3) is 0 Å².